The fraction of sp³-hybridized carbons (Fsp3) is 0.368. The van der Waals surface area contributed by atoms with Gasteiger partial charge in [0.2, 0.25) is 0 Å². The highest BCUT2D eigenvalue weighted by atomic mass is 14.9. The molecule has 20 heavy (non-hydrogen) atoms. The SMILES string of the molecule is c1ccc(-c2ccc3c(c2)CC[C@H]2NCCCC32)cc1. The van der Waals surface area contributed by atoms with Crippen LogP contribution in [0.1, 0.15) is 36.3 Å². The summed E-state index contributed by atoms with van der Waals surface area (Å²) in [5.41, 5.74) is 5.88. The van der Waals surface area contributed by atoms with Crippen LogP contribution in [0.4, 0.5) is 0 Å². The van der Waals surface area contributed by atoms with Gasteiger partial charge in [0.25, 0.3) is 0 Å². The molecule has 2 aliphatic rings. The summed E-state index contributed by atoms with van der Waals surface area (Å²) >= 11 is 0. The molecular weight excluding hydrogens is 242 g/mol. The van der Waals surface area contributed by atoms with E-state index in [4.69, 9.17) is 0 Å². The maximum atomic E-state index is 3.71. The molecule has 0 spiro atoms. The molecule has 0 amide bonds. The van der Waals surface area contributed by atoms with Crippen molar-refractivity contribution in [2.45, 2.75) is 37.6 Å². The number of rotatable bonds is 1. The Morgan fingerprint density at radius 1 is 0.900 bits per heavy atom. The van der Waals surface area contributed by atoms with Crippen molar-refractivity contribution < 1.29 is 0 Å². The van der Waals surface area contributed by atoms with Crippen LogP contribution in [0, 0.1) is 0 Å². The van der Waals surface area contributed by atoms with Crippen LogP contribution in [0.25, 0.3) is 11.1 Å². The standard InChI is InChI=1S/C19H21N/c1-2-5-14(6-3-1)15-8-10-17-16(13-15)9-11-19-18(17)7-4-12-20-19/h1-3,5-6,8,10,13,18-20H,4,7,9,11-12H2/t18?,19-/m1/s1. The van der Waals surface area contributed by atoms with E-state index in [9.17, 15) is 0 Å². The van der Waals surface area contributed by atoms with Gasteiger partial charge < -0.3 is 5.32 Å². The number of piperidine rings is 1. The minimum Gasteiger partial charge on any atom is -0.313 e. The fourth-order valence-electron chi connectivity index (χ4n) is 3.93. The van der Waals surface area contributed by atoms with Gasteiger partial charge in [0, 0.05) is 6.04 Å². The molecule has 4 rings (SSSR count). The first kappa shape index (κ1) is 12.2. The predicted molar refractivity (Wildman–Crippen MR) is 84.0 cm³/mol. The zero-order valence-electron chi connectivity index (χ0n) is 11.8. The molecule has 2 aromatic carbocycles. The van der Waals surface area contributed by atoms with Crippen LogP contribution in [-0.4, -0.2) is 12.6 Å². The van der Waals surface area contributed by atoms with Crippen LogP contribution in [0.5, 0.6) is 0 Å². The fourth-order valence-corrected chi connectivity index (χ4v) is 3.93. The van der Waals surface area contributed by atoms with Crippen LogP contribution < -0.4 is 5.32 Å². The van der Waals surface area contributed by atoms with Gasteiger partial charge in [0.1, 0.15) is 0 Å². The molecule has 2 atom stereocenters. The van der Waals surface area contributed by atoms with E-state index >= 15 is 0 Å². The van der Waals surface area contributed by atoms with Crippen molar-refractivity contribution in [3.05, 3.63) is 59.7 Å². The first-order valence-electron chi connectivity index (χ1n) is 7.83. The molecule has 2 aromatic rings. The van der Waals surface area contributed by atoms with E-state index in [1.807, 2.05) is 0 Å². The summed E-state index contributed by atoms with van der Waals surface area (Å²) < 4.78 is 0. The summed E-state index contributed by atoms with van der Waals surface area (Å²) in [5, 5.41) is 3.71. The Balaban J connectivity index is 1.72. The van der Waals surface area contributed by atoms with Gasteiger partial charge >= 0.3 is 0 Å². The number of fused-ring (bicyclic) bond motifs is 3. The van der Waals surface area contributed by atoms with E-state index in [-0.39, 0.29) is 0 Å². The monoisotopic (exact) mass is 263 g/mol. The van der Waals surface area contributed by atoms with E-state index in [1.165, 1.54) is 43.4 Å². The average molecular weight is 263 g/mol. The predicted octanol–water partition coefficient (Wildman–Crippen LogP) is 4.14. The maximum Gasteiger partial charge on any atom is 0.0139 e. The van der Waals surface area contributed by atoms with E-state index in [0.29, 0.717) is 0 Å². The molecule has 0 aromatic heterocycles. The van der Waals surface area contributed by atoms with Crippen molar-refractivity contribution in [1.29, 1.82) is 0 Å². The van der Waals surface area contributed by atoms with Gasteiger partial charge in [-0.3, -0.25) is 0 Å². The third-order valence-electron chi connectivity index (χ3n) is 4.96. The smallest absolute Gasteiger partial charge is 0.0139 e. The van der Waals surface area contributed by atoms with Crippen molar-refractivity contribution in [3.63, 3.8) is 0 Å². The molecule has 1 N–H and O–H groups in total. The molecule has 1 nitrogen and oxygen atoms in total. The molecule has 1 heteroatoms. The van der Waals surface area contributed by atoms with Gasteiger partial charge in [-0.05, 0) is 60.4 Å². The minimum absolute atomic E-state index is 0.721. The van der Waals surface area contributed by atoms with Crippen LogP contribution in [0.2, 0.25) is 0 Å². The molecule has 0 bridgehead atoms. The Hall–Kier alpha value is -1.60. The molecular formula is C19H21N. The van der Waals surface area contributed by atoms with E-state index < -0.39 is 0 Å². The Bertz CT molecular complexity index is 602. The summed E-state index contributed by atoms with van der Waals surface area (Å²) in [6, 6.07) is 18.6. The zero-order chi connectivity index (χ0) is 13.4. The van der Waals surface area contributed by atoms with Crippen molar-refractivity contribution in [1.82, 2.24) is 5.32 Å². The average Bonchev–Trinajstić information content (AvgIpc) is 2.55. The van der Waals surface area contributed by atoms with Crippen molar-refractivity contribution in [3.8, 4) is 11.1 Å². The summed E-state index contributed by atoms with van der Waals surface area (Å²) in [6.45, 7) is 1.21. The second kappa shape index (κ2) is 5.06. The second-order valence-corrected chi connectivity index (χ2v) is 6.13. The highest BCUT2D eigenvalue weighted by Gasteiger charge is 2.31. The van der Waals surface area contributed by atoms with Crippen LogP contribution in [0.15, 0.2) is 48.5 Å². The normalized spacial score (nSPS) is 24.8. The van der Waals surface area contributed by atoms with Crippen molar-refractivity contribution in [2.24, 2.45) is 0 Å². The van der Waals surface area contributed by atoms with Crippen LogP contribution >= 0.6 is 0 Å². The van der Waals surface area contributed by atoms with Gasteiger partial charge in [-0.2, -0.15) is 0 Å². The van der Waals surface area contributed by atoms with Crippen LogP contribution in [0.3, 0.4) is 0 Å². The lowest BCUT2D eigenvalue weighted by atomic mass is 9.74. The van der Waals surface area contributed by atoms with Gasteiger partial charge in [-0.25, -0.2) is 0 Å². The Labute approximate surface area is 121 Å². The molecule has 1 unspecified atom stereocenters. The van der Waals surface area contributed by atoms with Crippen LogP contribution in [-0.2, 0) is 6.42 Å². The molecule has 1 aliphatic heterocycles. The summed E-state index contributed by atoms with van der Waals surface area (Å²) in [4.78, 5) is 0. The molecule has 0 saturated carbocycles. The maximum absolute atomic E-state index is 3.71. The van der Waals surface area contributed by atoms with E-state index in [1.54, 1.807) is 11.1 Å². The number of benzene rings is 2. The first-order chi connectivity index (χ1) is 9.92. The Kier molecular flexibility index (Phi) is 3.08. The summed E-state index contributed by atoms with van der Waals surface area (Å²) in [7, 11) is 0. The molecule has 1 heterocycles. The number of nitrogens with one attached hydrogen (secondary N) is 1. The topological polar surface area (TPSA) is 12.0 Å². The molecule has 1 saturated heterocycles. The number of hydrogen-bond acceptors (Lipinski definition) is 1. The van der Waals surface area contributed by atoms with E-state index in [0.717, 1.165) is 12.0 Å². The molecule has 1 fully saturated rings. The van der Waals surface area contributed by atoms with Crippen molar-refractivity contribution in [2.75, 3.05) is 6.54 Å². The first-order valence-corrected chi connectivity index (χ1v) is 7.83. The largest absolute Gasteiger partial charge is 0.313 e. The van der Waals surface area contributed by atoms with Crippen molar-refractivity contribution >= 4 is 0 Å². The second-order valence-electron chi connectivity index (χ2n) is 6.13. The highest BCUT2D eigenvalue weighted by Crippen LogP contribution is 2.38. The van der Waals surface area contributed by atoms with Gasteiger partial charge in [0.05, 0.1) is 0 Å². The lowest BCUT2D eigenvalue weighted by molar-refractivity contribution is 0.319. The zero-order valence-corrected chi connectivity index (χ0v) is 11.8. The minimum atomic E-state index is 0.721. The highest BCUT2D eigenvalue weighted by molar-refractivity contribution is 5.65. The Morgan fingerprint density at radius 3 is 2.70 bits per heavy atom. The third-order valence-corrected chi connectivity index (χ3v) is 4.96. The third kappa shape index (κ3) is 2.06. The van der Waals surface area contributed by atoms with Gasteiger partial charge in [0.15, 0.2) is 0 Å². The number of aryl methyl sites for hydroxylation is 1. The molecule has 0 radical (unpaired) electrons. The Morgan fingerprint density at radius 2 is 1.80 bits per heavy atom. The summed E-state index contributed by atoms with van der Waals surface area (Å²) in [5.74, 6) is 0.748. The molecule has 102 valence electrons. The summed E-state index contributed by atoms with van der Waals surface area (Å²) in [6.07, 6.45) is 5.20. The van der Waals surface area contributed by atoms with E-state index in [2.05, 4.69) is 53.8 Å². The van der Waals surface area contributed by atoms with Gasteiger partial charge in [-0.1, -0.05) is 48.5 Å². The number of hydrogen-bond donors (Lipinski definition) is 1. The lowest BCUT2D eigenvalue weighted by Crippen LogP contribution is -2.42. The quantitative estimate of drug-likeness (QED) is 0.815. The van der Waals surface area contributed by atoms with Gasteiger partial charge in [-0.15, -0.1) is 0 Å². The lowest BCUT2D eigenvalue weighted by Gasteiger charge is -2.38. The molecule has 1 aliphatic carbocycles.